The lowest BCUT2D eigenvalue weighted by Crippen LogP contribution is -3.13. The Morgan fingerprint density at radius 1 is 0.968 bits per heavy atom. The van der Waals surface area contributed by atoms with Gasteiger partial charge in [0, 0.05) is 17.7 Å². The molecule has 0 aromatic heterocycles. The van der Waals surface area contributed by atoms with E-state index in [2.05, 4.69) is 29.6 Å². The zero-order valence-electron chi connectivity index (χ0n) is 17.6. The molecule has 2 N–H and O–H groups in total. The van der Waals surface area contributed by atoms with E-state index < -0.39 is 0 Å². The van der Waals surface area contributed by atoms with Gasteiger partial charge in [-0.2, -0.15) is 0 Å². The molecule has 5 nitrogen and oxygen atoms in total. The number of nitrogens with one attached hydrogen (secondary N) is 2. The van der Waals surface area contributed by atoms with Crippen LogP contribution in [0.25, 0.3) is 11.1 Å². The van der Waals surface area contributed by atoms with Crippen LogP contribution < -0.4 is 15.0 Å². The highest BCUT2D eigenvalue weighted by molar-refractivity contribution is 5.78. The monoisotopic (exact) mass is 417 g/mol. The molecule has 0 spiro atoms. The number of ether oxygens (including phenoxy) is 2. The van der Waals surface area contributed by atoms with Crippen LogP contribution >= 0.6 is 0 Å². The van der Waals surface area contributed by atoms with Crippen molar-refractivity contribution in [2.75, 3.05) is 32.8 Å². The molecule has 0 radical (unpaired) electrons. The molecule has 1 saturated heterocycles. The number of quaternary nitrogens is 1. The van der Waals surface area contributed by atoms with Crippen LogP contribution in [0.5, 0.6) is 5.75 Å². The Kier molecular flexibility index (Phi) is 7.32. The molecule has 1 aliphatic rings. The van der Waals surface area contributed by atoms with Gasteiger partial charge in [-0.15, -0.1) is 0 Å². The maximum absolute atomic E-state index is 12.4. The summed E-state index contributed by atoms with van der Waals surface area (Å²) in [7, 11) is 0. The number of hydrogen-bond acceptors (Lipinski definition) is 3. The summed E-state index contributed by atoms with van der Waals surface area (Å²) in [5.41, 5.74) is 3.37. The molecular formula is C26H29N2O3+. The van der Waals surface area contributed by atoms with E-state index in [1.165, 1.54) is 10.5 Å². The van der Waals surface area contributed by atoms with Crippen LogP contribution in [0.2, 0.25) is 0 Å². The Balaban J connectivity index is 1.25. The first-order valence-corrected chi connectivity index (χ1v) is 10.8. The molecule has 1 aliphatic heterocycles. The van der Waals surface area contributed by atoms with Gasteiger partial charge in [0.1, 0.15) is 31.5 Å². The predicted molar refractivity (Wildman–Crippen MR) is 121 cm³/mol. The first-order chi connectivity index (χ1) is 15.3. The van der Waals surface area contributed by atoms with Crippen LogP contribution in [-0.2, 0) is 16.1 Å². The molecule has 4 rings (SSSR count). The molecular weight excluding hydrogens is 388 g/mol. The predicted octanol–water partition coefficient (Wildman–Crippen LogP) is 2.33. The van der Waals surface area contributed by atoms with Crippen LogP contribution in [-0.4, -0.2) is 44.9 Å². The highest BCUT2D eigenvalue weighted by Crippen LogP contribution is 2.29. The molecule has 2 atom stereocenters. The molecule has 31 heavy (non-hydrogen) atoms. The van der Waals surface area contributed by atoms with E-state index in [9.17, 15) is 4.79 Å². The minimum absolute atomic E-state index is 0.0167. The summed E-state index contributed by atoms with van der Waals surface area (Å²) in [5, 5.41) is 2.96. The van der Waals surface area contributed by atoms with E-state index >= 15 is 0 Å². The van der Waals surface area contributed by atoms with Gasteiger partial charge in [-0.05, 0) is 11.6 Å². The summed E-state index contributed by atoms with van der Waals surface area (Å²) in [6.45, 7) is 4.04. The van der Waals surface area contributed by atoms with Gasteiger partial charge < -0.3 is 19.7 Å². The van der Waals surface area contributed by atoms with Gasteiger partial charge >= 0.3 is 0 Å². The number of hydrogen-bond donors (Lipinski definition) is 2. The summed E-state index contributed by atoms with van der Waals surface area (Å²) in [6.07, 6.45) is 0.0213. The SMILES string of the molecule is O=C(COc1ccccc1-c1ccccc1)NC[C@@H]1C[NH+](Cc2ccccc2)CCO1. The van der Waals surface area contributed by atoms with E-state index in [4.69, 9.17) is 9.47 Å². The minimum atomic E-state index is -0.137. The zero-order valence-corrected chi connectivity index (χ0v) is 17.6. The van der Waals surface area contributed by atoms with E-state index in [1.54, 1.807) is 0 Å². The summed E-state index contributed by atoms with van der Waals surface area (Å²) >= 11 is 0. The largest absolute Gasteiger partial charge is 0.483 e. The number of rotatable bonds is 8. The average molecular weight is 418 g/mol. The average Bonchev–Trinajstić information content (AvgIpc) is 2.83. The number of carbonyl (C=O) groups is 1. The number of carbonyl (C=O) groups excluding carboxylic acids is 1. The first kappa shape index (κ1) is 21.1. The molecule has 1 amide bonds. The standard InChI is InChI=1S/C26H28N2O3/c29-26(20-31-25-14-8-7-13-24(25)22-11-5-2-6-12-22)27-17-23-19-28(15-16-30-23)18-21-9-3-1-4-10-21/h1-14,23H,15-20H2,(H,27,29)/p+1/t23-/m1/s1. The van der Waals surface area contributed by atoms with Crippen LogP contribution in [0.1, 0.15) is 5.56 Å². The van der Waals surface area contributed by atoms with Gasteiger partial charge in [-0.1, -0.05) is 78.9 Å². The van der Waals surface area contributed by atoms with Crippen LogP contribution in [0.4, 0.5) is 0 Å². The van der Waals surface area contributed by atoms with Crippen LogP contribution in [0.3, 0.4) is 0 Å². The molecule has 0 aliphatic carbocycles. The van der Waals surface area contributed by atoms with Gasteiger partial charge in [-0.3, -0.25) is 4.79 Å². The van der Waals surface area contributed by atoms with Crippen molar-refractivity contribution >= 4 is 5.91 Å². The Morgan fingerprint density at radius 2 is 1.68 bits per heavy atom. The fraction of sp³-hybridized carbons (Fsp3) is 0.269. The Morgan fingerprint density at radius 3 is 2.48 bits per heavy atom. The van der Waals surface area contributed by atoms with E-state index in [-0.39, 0.29) is 18.6 Å². The summed E-state index contributed by atoms with van der Waals surface area (Å²) in [5.74, 6) is 0.567. The lowest BCUT2D eigenvalue weighted by molar-refractivity contribution is -0.925. The van der Waals surface area contributed by atoms with Gasteiger partial charge in [0.15, 0.2) is 6.61 Å². The second-order valence-electron chi connectivity index (χ2n) is 7.81. The van der Waals surface area contributed by atoms with Gasteiger partial charge in [0.05, 0.1) is 6.61 Å². The van der Waals surface area contributed by atoms with Crippen molar-refractivity contribution in [3.8, 4) is 16.9 Å². The Labute approximate surface area is 183 Å². The number of morpholine rings is 1. The number of para-hydroxylation sites is 1. The third kappa shape index (κ3) is 6.17. The van der Waals surface area contributed by atoms with Crippen molar-refractivity contribution in [2.45, 2.75) is 12.6 Å². The van der Waals surface area contributed by atoms with Crippen LogP contribution in [0, 0.1) is 0 Å². The maximum atomic E-state index is 12.4. The highest BCUT2D eigenvalue weighted by atomic mass is 16.5. The smallest absolute Gasteiger partial charge is 0.258 e. The lowest BCUT2D eigenvalue weighted by Gasteiger charge is -2.30. The molecule has 3 aromatic carbocycles. The van der Waals surface area contributed by atoms with Gasteiger partial charge in [0.25, 0.3) is 5.91 Å². The maximum Gasteiger partial charge on any atom is 0.258 e. The third-order valence-corrected chi connectivity index (χ3v) is 5.48. The number of benzene rings is 3. The second-order valence-corrected chi connectivity index (χ2v) is 7.81. The van der Waals surface area contributed by atoms with Crippen molar-refractivity contribution in [3.63, 3.8) is 0 Å². The van der Waals surface area contributed by atoms with Crippen molar-refractivity contribution < 1.29 is 19.2 Å². The van der Waals surface area contributed by atoms with E-state index in [0.717, 1.165) is 30.8 Å². The molecule has 0 saturated carbocycles. The number of amides is 1. The van der Waals surface area contributed by atoms with Crippen molar-refractivity contribution in [3.05, 3.63) is 90.5 Å². The van der Waals surface area contributed by atoms with Gasteiger partial charge in [-0.25, -0.2) is 0 Å². The first-order valence-electron chi connectivity index (χ1n) is 10.8. The second kappa shape index (κ2) is 10.8. The molecule has 5 heteroatoms. The van der Waals surface area contributed by atoms with Gasteiger partial charge in [0.2, 0.25) is 0 Å². The van der Waals surface area contributed by atoms with E-state index in [0.29, 0.717) is 18.9 Å². The lowest BCUT2D eigenvalue weighted by atomic mass is 10.1. The summed E-state index contributed by atoms with van der Waals surface area (Å²) in [6, 6.07) is 28.3. The van der Waals surface area contributed by atoms with Crippen molar-refractivity contribution in [2.24, 2.45) is 0 Å². The zero-order chi connectivity index (χ0) is 21.3. The highest BCUT2D eigenvalue weighted by Gasteiger charge is 2.24. The van der Waals surface area contributed by atoms with E-state index in [1.807, 2.05) is 60.7 Å². The molecule has 1 heterocycles. The normalized spacial score (nSPS) is 18.3. The summed E-state index contributed by atoms with van der Waals surface area (Å²) < 4.78 is 11.7. The molecule has 1 unspecified atom stereocenters. The topological polar surface area (TPSA) is 52.0 Å². The third-order valence-electron chi connectivity index (χ3n) is 5.48. The fourth-order valence-electron chi connectivity index (χ4n) is 3.90. The Bertz CT molecular complexity index is 963. The molecule has 1 fully saturated rings. The minimum Gasteiger partial charge on any atom is -0.483 e. The summed E-state index contributed by atoms with van der Waals surface area (Å²) in [4.78, 5) is 13.9. The molecule has 3 aromatic rings. The van der Waals surface area contributed by atoms with Crippen molar-refractivity contribution in [1.29, 1.82) is 0 Å². The molecule has 0 bridgehead atoms. The van der Waals surface area contributed by atoms with Crippen molar-refractivity contribution in [1.82, 2.24) is 5.32 Å². The Hall–Kier alpha value is -3.15. The fourth-order valence-corrected chi connectivity index (χ4v) is 3.90. The molecule has 160 valence electrons. The van der Waals surface area contributed by atoms with Crippen LogP contribution in [0.15, 0.2) is 84.9 Å². The quantitative estimate of drug-likeness (QED) is 0.592.